The Balaban J connectivity index is 1.38. The number of fused-ring (bicyclic) bond motifs is 1. The second-order valence-electron chi connectivity index (χ2n) is 7.49. The number of nitrogens with zero attached hydrogens (tertiary/aromatic N) is 2. The van der Waals surface area contributed by atoms with Crippen molar-refractivity contribution in [2.45, 2.75) is 19.1 Å². The van der Waals surface area contributed by atoms with E-state index >= 15 is 0 Å². The summed E-state index contributed by atoms with van der Waals surface area (Å²) in [5.41, 5.74) is 2.24. The maximum atomic E-state index is 13.2. The van der Waals surface area contributed by atoms with Gasteiger partial charge in [-0.05, 0) is 49.2 Å². The summed E-state index contributed by atoms with van der Waals surface area (Å²) in [6.07, 6.45) is 0.341. The molecule has 1 amide bonds. The van der Waals surface area contributed by atoms with Crippen LogP contribution in [0.25, 0.3) is 15.9 Å². The molecule has 0 aliphatic heterocycles. The van der Waals surface area contributed by atoms with Crippen LogP contribution in [-0.2, 0) is 15.6 Å². The van der Waals surface area contributed by atoms with Crippen molar-refractivity contribution >= 4 is 37.3 Å². The highest BCUT2D eigenvalue weighted by Crippen LogP contribution is 2.30. The highest BCUT2D eigenvalue weighted by molar-refractivity contribution is 7.90. The lowest BCUT2D eigenvalue weighted by molar-refractivity contribution is 0.0958. The van der Waals surface area contributed by atoms with Crippen LogP contribution in [0.4, 0.5) is 4.39 Å². The van der Waals surface area contributed by atoms with Crippen LogP contribution in [0.2, 0.25) is 0 Å². The number of carbonyl (C=O) groups is 1. The third kappa shape index (κ3) is 5.05. The Kier molecular flexibility index (Phi) is 6.38. The molecule has 0 aliphatic carbocycles. The number of aryl methyl sites for hydroxylation is 1. The second kappa shape index (κ2) is 9.22. The minimum atomic E-state index is -3.24. The van der Waals surface area contributed by atoms with Crippen LogP contribution >= 0.6 is 11.3 Å². The molecule has 0 spiro atoms. The topological polar surface area (TPSA) is 81.1 Å². The van der Waals surface area contributed by atoms with Gasteiger partial charge in [0.05, 0.1) is 27.8 Å². The molecule has 0 atom stereocenters. The van der Waals surface area contributed by atoms with Gasteiger partial charge in [-0.3, -0.25) is 4.79 Å². The van der Waals surface area contributed by atoms with Crippen molar-refractivity contribution in [3.8, 4) is 5.69 Å². The van der Waals surface area contributed by atoms with Crippen molar-refractivity contribution in [2.75, 3.05) is 12.3 Å². The summed E-state index contributed by atoms with van der Waals surface area (Å²) in [6, 6.07) is 16.8. The largest absolute Gasteiger partial charge is 0.351 e. The Hall–Kier alpha value is -3.04. The van der Waals surface area contributed by atoms with Crippen molar-refractivity contribution in [2.24, 2.45) is 0 Å². The minimum Gasteiger partial charge on any atom is -0.351 e. The fourth-order valence-electron chi connectivity index (χ4n) is 3.40. The number of sulfone groups is 1. The number of nitrogens with one attached hydrogen (secondary N) is 1. The molecule has 0 aliphatic rings. The van der Waals surface area contributed by atoms with Crippen molar-refractivity contribution in [1.82, 2.24) is 15.1 Å². The van der Waals surface area contributed by atoms with Crippen LogP contribution in [0.3, 0.4) is 0 Å². The van der Waals surface area contributed by atoms with Gasteiger partial charge in [-0.2, -0.15) is 5.10 Å². The van der Waals surface area contributed by atoms with Gasteiger partial charge in [0.25, 0.3) is 5.91 Å². The zero-order chi connectivity index (χ0) is 22.7. The van der Waals surface area contributed by atoms with Crippen molar-refractivity contribution < 1.29 is 17.6 Å². The van der Waals surface area contributed by atoms with Gasteiger partial charge in [0.2, 0.25) is 0 Å². The SMILES string of the molecule is Cc1nn(-c2ccc(F)cc2)c2sc(C(=O)NCCCS(=O)(=O)Cc3ccccc3)cc12. The maximum Gasteiger partial charge on any atom is 0.261 e. The number of benzene rings is 2. The van der Waals surface area contributed by atoms with Crippen molar-refractivity contribution in [3.05, 3.63) is 82.6 Å². The van der Waals surface area contributed by atoms with Crippen LogP contribution in [-0.4, -0.2) is 36.4 Å². The zero-order valence-electron chi connectivity index (χ0n) is 17.4. The molecule has 9 heteroatoms. The predicted molar refractivity (Wildman–Crippen MR) is 125 cm³/mol. The fourth-order valence-corrected chi connectivity index (χ4v) is 5.93. The van der Waals surface area contributed by atoms with Crippen LogP contribution in [0.15, 0.2) is 60.7 Å². The number of hydrogen-bond acceptors (Lipinski definition) is 5. The molecule has 0 saturated carbocycles. The smallest absolute Gasteiger partial charge is 0.261 e. The Labute approximate surface area is 189 Å². The summed E-state index contributed by atoms with van der Waals surface area (Å²) in [6.45, 7) is 2.12. The molecule has 4 aromatic rings. The Morgan fingerprint density at radius 1 is 1.12 bits per heavy atom. The first-order chi connectivity index (χ1) is 15.3. The van der Waals surface area contributed by atoms with E-state index in [1.54, 1.807) is 35.0 Å². The van der Waals surface area contributed by atoms with Crippen LogP contribution in [0.1, 0.15) is 27.3 Å². The third-order valence-electron chi connectivity index (χ3n) is 4.99. The first kappa shape index (κ1) is 22.2. The Morgan fingerprint density at radius 2 is 1.84 bits per heavy atom. The minimum absolute atomic E-state index is 0.00272. The van der Waals surface area contributed by atoms with E-state index in [1.165, 1.54) is 23.5 Å². The lowest BCUT2D eigenvalue weighted by Crippen LogP contribution is -2.25. The standard InChI is InChI=1S/C23H22FN3O3S2/c1-16-20-14-21(31-23(20)27(26-16)19-10-8-18(24)9-11-19)22(28)25-12-5-13-32(29,30)15-17-6-3-2-4-7-17/h2-4,6-11,14H,5,12-13,15H2,1H3,(H,25,28). The van der Waals surface area contributed by atoms with Crippen LogP contribution < -0.4 is 5.32 Å². The Morgan fingerprint density at radius 3 is 2.56 bits per heavy atom. The number of halogens is 1. The van der Waals surface area contributed by atoms with E-state index in [0.717, 1.165) is 21.5 Å². The van der Waals surface area contributed by atoms with E-state index in [-0.39, 0.29) is 29.8 Å². The van der Waals surface area contributed by atoms with Crippen LogP contribution in [0, 0.1) is 12.7 Å². The normalized spacial score (nSPS) is 11.7. The molecule has 4 rings (SSSR count). The average molecular weight is 472 g/mol. The number of amides is 1. The number of carbonyl (C=O) groups excluding carboxylic acids is 1. The third-order valence-corrected chi connectivity index (χ3v) is 7.78. The van der Waals surface area contributed by atoms with Crippen molar-refractivity contribution in [1.29, 1.82) is 0 Å². The average Bonchev–Trinajstić information content (AvgIpc) is 3.33. The molecule has 2 aromatic carbocycles. The van der Waals surface area contributed by atoms with E-state index in [2.05, 4.69) is 10.4 Å². The molecule has 0 unspecified atom stereocenters. The lowest BCUT2D eigenvalue weighted by atomic mass is 10.2. The highest BCUT2D eigenvalue weighted by Gasteiger charge is 2.18. The number of hydrogen-bond donors (Lipinski definition) is 1. The molecule has 0 fully saturated rings. The van der Waals surface area contributed by atoms with E-state index in [4.69, 9.17) is 0 Å². The predicted octanol–water partition coefficient (Wildman–Crippen LogP) is 4.27. The molecule has 166 valence electrons. The summed E-state index contributed by atoms with van der Waals surface area (Å²) in [7, 11) is -3.24. The van der Waals surface area contributed by atoms with Gasteiger partial charge in [-0.25, -0.2) is 17.5 Å². The monoisotopic (exact) mass is 471 g/mol. The highest BCUT2D eigenvalue weighted by atomic mass is 32.2. The fraction of sp³-hybridized carbons (Fsp3) is 0.217. The number of aromatic nitrogens is 2. The van der Waals surface area contributed by atoms with Gasteiger partial charge in [-0.15, -0.1) is 11.3 Å². The summed E-state index contributed by atoms with van der Waals surface area (Å²) in [5, 5.41) is 8.15. The van der Waals surface area contributed by atoms with Gasteiger partial charge in [0, 0.05) is 11.9 Å². The molecule has 0 bridgehead atoms. The Bertz CT molecular complexity index is 1340. The van der Waals surface area contributed by atoms with Gasteiger partial charge in [-0.1, -0.05) is 30.3 Å². The van der Waals surface area contributed by atoms with Crippen molar-refractivity contribution in [3.63, 3.8) is 0 Å². The van der Waals surface area contributed by atoms with E-state index in [0.29, 0.717) is 17.0 Å². The van der Waals surface area contributed by atoms with E-state index in [1.807, 2.05) is 25.1 Å². The first-order valence-corrected chi connectivity index (χ1v) is 12.7. The quantitative estimate of drug-likeness (QED) is 0.389. The molecular formula is C23H22FN3O3S2. The van der Waals surface area contributed by atoms with Gasteiger partial charge in [0.15, 0.2) is 9.84 Å². The van der Waals surface area contributed by atoms with Gasteiger partial charge >= 0.3 is 0 Å². The first-order valence-electron chi connectivity index (χ1n) is 10.1. The van der Waals surface area contributed by atoms with Gasteiger partial charge < -0.3 is 5.32 Å². The summed E-state index contributed by atoms with van der Waals surface area (Å²) in [5.74, 6) is -0.576. The molecule has 0 saturated heterocycles. The summed E-state index contributed by atoms with van der Waals surface area (Å²) < 4.78 is 39.5. The molecule has 32 heavy (non-hydrogen) atoms. The van der Waals surface area contributed by atoms with E-state index in [9.17, 15) is 17.6 Å². The zero-order valence-corrected chi connectivity index (χ0v) is 19.0. The second-order valence-corrected chi connectivity index (χ2v) is 10.7. The van der Waals surface area contributed by atoms with E-state index < -0.39 is 9.84 Å². The molecule has 1 N–H and O–H groups in total. The molecular weight excluding hydrogens is 449 g/mol. The molecule has 6 nitrogen and oxygen atoms in total. The molecule has 2 aromatic heterocycles. The molecule has 2 heterocycles. The summed E-state index contributed by atoms with van der Waals surface area (Å²) in [4.78, 5) is 13.9. The number of thiophene rings is 1. The summed E-state index contributed by atoms with van der Waals surface area (Å²) >= 11 is 1.29. The van der Waals surface area contributed by atoms with Crippen LogP contribution in [0.5, 0.6) is 0 Å². The van der Waals surface area contributed by atoms with Gasteiger partial charge in [0.1, 0.15) is 10.6 Å². The lowest BCUT2D eigenvalue weighted by Gasteiger charge is -2.06. The number of rotatable bonds is 8. The molecule has 0 radical (unpaired) electrons. The maximum absolute atomic E-state index is 13.2.